The molecule has 1 aromatic carbocycles. The van der Waals surface area contributed by atoms with Gasteiger partial charge in [0.05, 0.1) is 17.8 Å². The average molecular weight is 349 g/mol. The van der Waals surface area contributed by atoms with Gasteiger partial charge >= 0.3 is 11.8 Å². The molecule has 1 atom stereocenters. The molecule has 0 aliphatic heterocycles. The lowest BCUT2D eigenvalue weighted by atomic mass is 10.2. The van der Waals surface area contributed by atoms with E-state index >= 15 is 0 Å². The zero-order valence-electron chi connectivity index (χ0n) is 14.4. The summed E-state index contributed by atoms with van der Waals surface area (Å²) in [7, 11) is 1.72. The Morgan fingerprint density at radius 2 is 1.96 bits per heavy atom. The van der Waals surface area contributed by atoms with E-state index in [0.717, 1.165) is 6.07 Å². The summed E-state index contributed by atoms with van der Waals surface area (Å²) in [5, 5.41) is 12.5. The number of halogens is 1. The van der Waals surface area contributed by atoms with Crippen LogP contribution in [0.1, 0.15) is 32.6 Å². The van der Waals surface area contributed by atoms with Crippen molar-refractivity contribution in [1.82, 2.24) is 20.1 Å². The minimum absolute atomic E-state index is 0.0835. The van der Waals surface area contributed by atoms with Crippen molar-refractivity contribution >= 4 is 17.5 Å². The Kier molecular flexibility index (Phi) is 5.68. The van der Waals surface area contributed by atoms with Crippen molar-refractivity contribution in [2.45, 2.75) is 32.9 Å². The number of benzene rings is 1. The van der Waals surface area contributed by atoms with Gasteiger partial charge in [0, 0.05) is 13.1 Å². The number of hydrogen-bond acceptors (Lipinski definition) is 5. The molecule has 0 radical (unpaired) electrons. The van der Waals surface area contributed by atoms with Gasteiger partial charge in [-0.1, -0.05) is 0 Å². The zero-order chi connectivity index (χ0) is 18.6. The molecule has 0 aliphatic rings. The van der Waals surface area contributed by atoms with Crippen LogP contribution in [0, 0.1) is 5.82 Å². The maximum Gasteiger partial charge on any atom is 0.313 e. The molecule has 2 aromatic rings. The molecule has 2 N–H and O–H groups in total. The van der Waals surface area contributed by atoms with Crippen molar-refractivity contribution in [1.29, 1.82) is 0 Å². The number of nitrogens with zero attached hydrogens (tertiary/aromatic N) is 3. The van der Waals surface area contributed by atoms with E-state index in [1.165, 1.54) is 18.5 Å². The summed E-state index contributed by atoms with van der Waals surface area (Å²) in [4.78, 5) is 24.2. The molecule has 0 saturated carbocycles. The molecule has 1 unspecified atom stereocenters. The highest BCUT2D eigenvalue weighted by Gasteiger charge is 2.21. The van der Waals surface area contributed by atoms with Crippen LogP contribution in [0.3, 0.4) is 0 Å². The zero-order valence-corrected chi connectivity index (χ0v) is 14.4. The molecule has 25 heavy (non-hydrogen) atoms. The van der Waals surface area contributed by atoms with Gasteiger partial charge in [0.1, 0.15) is 17.9 Å². The number of aryl methyl sites for hydroxylation is 1. The number of carbonyl (C=O) groups excluding carboxylic acids is 2. The molecule has 134 valence electrons. The number of nitrogens with one attached hydrogen (secondary N) is 2. The van der Waals surface area contributed by atoms with E-state index in [-0.39, 0.29) is 17.5 Å². The molecule has 8 nitrogen and oxygen atoms in total. The van der Waals surface area contributed by atoms with Crippen LogP contribution in [0.15, 0.2) is 24.5 Å². The molecule has 9 heteroatoms. The Balaban J connectivity index is 2.07. The maximum absolute atomic E-state index is 13.5. The molecule has 1 heterocycles. The summed E-state index contributed by atoms with van der Waals surface area (Å²) in [6.07, 6.45) is 1.31. The van der Waals surface area contributed by atoms with Crippen LogP contribution in [0.2, 0.25) is 0 Å². The molecule has 1 aromatic heterocycles. The van der Waals surface area contributed by atoms with Crippen LogP contribution in [-0.4, -0.2) is 32.7 Å². The number of amides is 2. The van der Waals surface area contributed by atoms with Gasteiger partial charge in [0.25, 0.3) is 0 Å². The second-order valence-electron chi connectivity index (χ2n) is 5.76. The molecule has 0 saturated heterocycles. The van der Waals surface area contributed by atoms with Gasteiger partial charge in [0.2, 0.25) is 0 Å². The van der Waals surface area contributed by atoms with Crippen molar-refractivity contribution in [3.05, 3.63) is 36.2 Å². The summed E-state index contributed by atoms with van der Waals surface area (Å²) < 4.78 is 20.6. The Bertz CT molecular complexity index is 775. The third-order valence-electron chi connectivity index (χ3n) is 3.24. The molecule has 0 bridgehead atoms. The highest BCUT2D eigenvalue weighted by Crippen LogP contribution is 2.26. The van der Waals surface area contributed by atoms with Crippen molar-refractivity contribution < 1.29 is 18.7 Å². The Morgan fingerprint density at radius 3 is 2.56 bits per heavy atom. The van der Waals surface area contributed by atoms with Crippen LogP contribution >= 0.6 is 0 Å². The standard InChI is InChI=1S/C16H20FN5O3/c1-9(2)25-13-6-5-11(17)7-12(13)20-16(24)15(23)19-10(3)14-21-18-8-22(14)4/h5-10H,1-4H3,(H,19,23)(H,20,24). The quantitative estimate of drug-likeness (QED) is 0.798. The summed E-state index contributed by atoms with van der Waals surface area (Å²) in [6.45, 7) is 5.26. The number of hydrogen-bond donors (Lipinski definition) is 2. The van der Waals surface area contributed by atoms with Crippen molar-refractivity contribution in [2.75, 3.05) is 5.32 Å². The predicted octanol–water partition coefficient (Wildman–Crippen LogP) is 1.56. The smallest absolute Gasteiger partial charge is 0.313 e. The summed E-state index contributed by atoms with van der Waals surface area (Å²) >= 11 is 0. The molecule has 0 fully saturated rings. The third kappa shape index (κ3) is 4.75. The summed E-state index contributed by atoms with van der Waals surface area (Å²) in [5.41, 5.74) is 0.0835. The van der Waals surface area contributed by atoms with Gasteiger partial charge in [-0.15, -0.1) is 10.2 Å². The third-order valence-corrected chi connectivity index (χ3v) is 3.24. The first-order chi connectivity index (χ1) is 11.8. The molecule has 0 spiro atoms. The predicted molar refractivity (Wildman–Crippen MR) is 88.4 cm³/mol. The first-order valence-corrected chi connectivity index (χ1v) is 7.70. The number of carbonyl (C=O) groups is 2. The lowest BCUT2D eigenvalue weighted by Crippen LogP contribution is -2.37. The maximum atomic E-state index is 13.5. The minimum Gasteiger partial charge on any atom is -0.489 e. The van der Waals surface area contributed by atoms with Crippen LogP contribution in [0.4, 0.5) is 10.1 Å². The lowest BCUT2D eigenvalue weighted by Gasteiger charge is -2.16. The van der Waals surface area contributed by atoms with Gasteiger partial charge in [-0.3, -0.25) is 9.59 Å². The Morgan fingerprint density at radius 1 is 1.24 bits per heavy atom. The van der Waals surface area contributed by atoms with Crippen LogP contribution in [-0.2, 0) is 16.6 Å². The van der Waals surface area contributed by atoms with Gasteiger partial charge < -0.3 is 19.9 Å². The van der Waals surface area contributed by atoms with E-state index in [0.29, 0.717) is 5.82 Å². The van der Waals surface area contributed by atoms with Crippen molar-refractivity contribution in [3.63, 3.8) is 0 Å². The Labute approximate surface area is 144 Å². The topological polar surface area (TPSA) is 98.1 Å². The van der Waals surface area contributed by atoms with Crippen LogP contribution in [0.25, 0.3) is 0 Å². The number of ether oxygens (including phenoxy) is 1. The van der Waals surface area contributed by atoms with Gasteiger partial charge in [-0.25, -0.2) is 4.39 Å². The van der Waals surface area contributed by atoms with Crippen molar-refractivity contribution in [2.24, 2.45) is 7.05 Å². The fourth-order valence-electron chi connectivity index (χ4n) is 2.15. The van der Waals surface area contributed by atoms with Crippen molar-refractivity contribution in [3.8, 4) is 5.75 Å². The fraction of sp³-hybridized carbons (Fsp3) is 0.375. The largest absolute Gasteiger partial charge is 0.489 e. The first-order valence-electron chi connectivity index (χ1n) is 7.70. The SMILES string of the molecule is CC(C)Oc1ccc(F)cc1NC(=O)C(=O)NC(C)c1nncn1C. The van der Waals surface area contributed by atoms with E-state index in [4.69, 9.17) is 4.74 Å². The van der Waals surface area contributed by atoms with E-state index in [9.17, 15) is 14.0 Å². The minimum atomic E-state index is -0.937. The molecule has 0 aliphatic carbocycles. The fourth-order valence-corrected chi connectivity index (χ4v) is 2.15. The molecule has 2 rings (SSSR count). The van der Waals surface area contributed by atoms with Gasteiger partial charge in [-0.2, -0.15) is 0 Å². The average Bonchev–Trinajstić information content (AvgIpc) is 2.95. The molecular formula is C16H20FN5O3. The van der Waals surface area contributed by atoms with Crippen LogP contribution in [0.5, 0.6) is 5.75 Å². The second-order valence-corrected chi connectivity index (χ2v) is 5.76. The highest BCUT2D eigenvalue weighted by atomic mass is 19.1. The number of rotatable bonds is 5. The lowest BCUT2D eigenvalue weighted by molar-refractivity contribution is -0.136. The summed E-state index contributed by atoms with van der Waals surface area (Å²) in [5.74, 6) is -1.60. The van der Waals surface area contributed by atoms with Crippen LogP contribution < -0.4 is 15.4 Å². The van der Waals surface area contributed by atoms with E-state index in [2.05, 4.69) is 20.8 Å². The van der Waals surface area contributed by atoms with E-state index < -0.39 is 23.7 Å². The number of aromatic nitrogens is 3. The monoisotopic (exact) mass is 349 g/mol. The van der Waals surface area contributed by atoms with E-state index in [1.54, 1.807) is 32.4 Å². The first kappa shape index (κ1) is 18.4. The molecule has 2 amide bonds. The van der Waals surface area contributed by atoms with Gasteiger partial charge in [0.15, 0.2) is 5.82 Å². The van der Waals surface area contributed by atoms with Gasteiger partial charge in [-0.05, 0) is 32.9 Å². The second kappa shape index (κ2) is 7.73. The normalized spacial score (nSPS) is 11.9. The number of anilines is 1. The highest BCUT2D eigenvalue weighted by molar-refractivity contribution is 6.39. The Hall–Kier alpha value is -2.97. The van der Waals surface area contributed by atoms with E-state index in [1.807, 2.05) is 0 Å². The summed E-state index contributed by atoms with van der Waals surface area (Å²) in [6, 6.07) is 3.17. The molecular weight excluding hydrogens is 329 g/mol.